The van der Waals surface area contributed by atoms with Gasteiger partial charge in [0.2, 0.25) is 0 Å². The summed E-state index contributed by atoms with van der Waals surface area (Å²) in [5, 5.41) is 20.1. The Bertz CT molecular complexity index is 500. The summed E-state index contributed by atoms with van der Waals surface area (Å²) in [6.07, 6.45) is -2.25. The molecule has 2 unspecified atom stereocenters. The highest BCUT2D eigenvalue weighted by molar-refractivity contribution is 5.99. The third-order valence-corrected chi connectivity index (χ3v) is 3.65. The minimum Gasteiger partial charge on any atom is -0.370 e. The Morgan fingerprint density at radius 2 is 1.30 bits per heavy atom. The van der Waals surface area contributed by atoms with Gasteiger partial charge in [-0.3, -0.25) is 9.59 Å². The molecule has 0 bridgehead atoms. The molecule has 0 aromatic rings. The summed E-state index contributed by atoms with van der Waals surface area (Å²) in [6, 6.07) is 0. The van der Waals surface area contributed by atoms with E-state index in [9.17, 15) is 29.4 Å². The van der Waals surface area contributed by atoms with Gasteiger partial charge in [-0.05, 0) is 13.8 Å². The Morgan fingerprint density at radius 3 is 1.57 bits per heavy atom. The lowest BCUT2D eigenvalue weighted by atomic mass is 9.94. The summed E-state index contributed by atoms with van der Waals surface area (Å²) in [5.41, 5.74) is -1.86. The molecule has 2 aliphatic rings. The molecular formula is C13H18N2O8. The highest BCUT2D eigenvalue weighted by Gasteiger charge is 2.46. The van der Waals surface area contributed by atoms with E-state index in [0.717, 1.165) is 0 Å². The quantitative estimate of drug-likeness (QED) is 0.615. The van der Waals surface area contributed by atoms with Crippen molar-refractivity contribution in [2.45, 2.75) is 52.0 Å². The highest BCUT2D eigenvalue weighted by Crippen LogP contribution is 2.26. The lowest BCUT2D eigenvalue weighted by Crippen LogP contribution is -2.46. The minimum atomic E-state index is -1.86. The van der Waals surface area contributed by atoms with Crippen molar-refractivity contribution in [2.24, 2.45) is 5.41 Å². The topological polar surface area (TPSA) is 134 Å². The predicted octanol–water partition coefficient (Wildman–Crippen LogP) is -1.19. The lowest BCUT2D eigenvalue weighted by molar-refractivity contribution is -0.241. The van der Waals surface area contributed by atoms with Gasteiger partial charge in [0.15, 0.2) is 17.9 Å². The summed E-state index contributed by atoms with van der Waals surface area (Å²) < 4.78 is 0. The maximum atomic E-state index is 12.1. The van der Waals surface area contributed by atoms with Gasteiger partial charge in [-0.1, -0.05) is 0 Å². The van der Waals surface area contributed by atoms with Gasteiger partial charge in [0.05, 0.1) is 0 Å². The van der Waals surface area contributed by atoms with Crippen LogP contribution in [-0.4, -0.2) is 56.5 Å². The van der Waals surface area contributed by atoms with Crippen LogP contribution in [0.5, 0.6) is 0 Å². The average Bonchev–Trinajstić information content (AvgIpc) is 2.96. The van der Waals surface area contributed by atoms with Gasteiger partial charge in [-0.15, -0.1) is 10.1 Å². The summed E-state index contributed by atoms with van der Waals surface area (Å²) in [5.74, 6) is -3.42. The second-order valence-corrected chi connectivity index (χ2v) is 5.86. The number of hydrogen-bond acceptors (Lipinski definition) is 8. The van der Waals surface area contributed by atoms with Crippen LogP contribution in [0.25, 0.3) is 0 Å². The fourth-order valence-electron chi connectivity index (χ4n) is 2.01. The molecule has 2 N–H and O–H groups in total. The van der Waals surface area contributed by atoms with Crippen LogP contribution >= 0.6 is 0 Å². The van der Waals surface area contributed by atoms with Crippen LogP contribution < -0.4 is 0 Å². The van der Waals surface area contributed by atoms with Crippen LogP contribution in [0, 0.1) is 5.41 Å². The molecule has 2 amide bonds. The maximum Gasteiger partial charge on any atom is 0.349 e. The Labute approximate surface area is 131 Å². The van der Waals surface area contributed by atoms with Crippen LogP contribution in [0.4, 0.5) is 0 Å². The molecule has 0 aliphatic carbocycles. The van der Waals surface area contributed by atoms with E-state index in [1.54, 1.807) is 0 Å². The monoisotopic (exact) mass is 330 g/mol. The van der Waals surface area contributed by atoms with Gasteiger partial charge in [0.1, 0.15) is 0 Å². The van der Waals surface area contributed by atoms with Crippen LogP contribution in [0.1, 0.15) is 39.5 Å². The predicted molar refractivity (Wildman–Crippen MR) is 70.1 cm³/mol. The van der Waals surface area contributed by atoms with Crippen molar-refractivity contribution in [1.29, 1.82) is 0 Å². The third kappa shape index (κ3) is 3.27. The number of nitrogens with zero attached hydrogens (tertiary/aromatic N) is 2. The first-order chi connectivity index (χ1) is 10.6. The Kier molecular flexibility index (Phi) is 4.57. The number of hydroxylamine groups is 4. The van der Waals surface area contributed by atoms with Crippen LogP contribution in [0.2, 0.25) is 0 Å². The standard InChI is InChI=1S/C13H18N2O8/c1-13(2,11(20)22-14-7(16)3-4-8(14)17)12(21)23-15-9(18)5-6-10(15)19/h7,9,16,18H,3-6H2,1-2H3. The average molecular weight is 330 g/mol. The van der Waals surface area contributed by atoms with Crippen molar-refractivity contribution in [3.8, 4) is 0 Å². The summed E-state index contributed by atoms with van der Waals surface area (Å²) in [6.45, 7) is 2.36. The molecule has 0 aromatic carbocycles. The van der Waals surface area contributed by atoms with Crippen molar-refractivity contribution in [2.75, 3.05) is 0 Å². The second kappa shape index (κ2) is 6.13. The number of carbonyl (C=O) groups is 4. The molecule has 2 fully saturated rings. The molecule has 0 spiro atoms. The molecule has 2 atom stereocenters. The molecule has 2 saturated heterocycles. The molecule has 2 aliphatic heterocycles. The van der Waals surface area contributed by atoms with Crippen LogP contribution in [-0.2, 0) is 28.9 Å². The largest absolute Gasteiger partial charge is 0.370 e. The maximum absolute atomic E-state index is 12.1. The normalized spacial score (nSPS) is 25.0. The van der Waals surface area contributed by atoms with Gasteiger partial charge in [-0.25, -0.2) is 9.59 Å². The van der Waals surface area contributed by atoms with Crippen LogP contribution in [0.3, 0.4) is 0 Å². The third-order valence-electron chi connectivity index (χ3n) is 3.65. The van der Waals surface area contributed by atoms with E-state index < -0.39 is 41.6 Å². The number of aliphatic hydroxyl groups is 2. The Morgan fingerprint density at radius 1 is 0.957 bits per heavy atom. The summed E-state index contributed by atoms with van der Waals surface area (Å²) in [4.78, 5) is 56.7. The van der Waals surface area contributed by atoms with Crippen molar-refractivity contribution in [3.63, 3.8) is 0 Å². The van der Waals surface area contributed by atoms with Gasteiger partial charge < -0.3 is 19.9 Å². The minimum absolute atomic E-state index is 0.0216. The molecule has 0 saturated carbocycles. The van der Waals surface area contributed by atoms with Gasteiger partial charge >= 0.3 is 11.9 Å². The lowest BCUT2D eigenvalue weighted by Gasteiger charge is -2.27. The van der Waals surface area contributed by atoms with Gasteiger partial charge in [0.25, 0.3) is 11.8 Å². The Hall–Kier alpha value is -2.20. The summed E-state index contributed by atoms with van der Waals surface area (Å²) >= 11 is 0. The van der Waals surface area contributed by atoms with E-state index >= 15 is 0 Å². The van der Waals surface area contributed by atoms with E-state index in [0.29, 0.717) is 10.1 Å². The smallest absolute Gasteiger partial charge is 0.349 e. The number of carbonyl (C=O) groups excluding carboxylic acids is 4. The van der Waals surface area contributed by atoms with Gasteiger partial charge in [-0.2, -0.15) is 0 Å². The zero-order chi connectivity index (χ0) is 17.4. The summed E-state index contributed by atoms with van der Waals surface area (Å²) in [7, 11) is 0. The zero-order valence-electron chi connectivity index (χ0n) is 12.7. The molecule has 0 radical (unpaired) electrons. The number of aliphatic hydroxyl groups excluding tert-OH is 2. The highest BCUT2D eigenvalue weighted by atomic mass is 16.8. The van der Waals surface area contributed by atoms with E-state index in [1.807, 2.05) is 0 Å². The van der Waals surface area contributed by atoms with Gasteiger partial charge in [0, 0.05) is 25.7 Å². The van der Waals surface area contributed by atoms with E-state index in [1.165, 1.54) is 13.8 Å². The first kappa shape index (κ1) is 17.2. The van der Waals surface area contributed by atoms with E-state index in [2.05, 4.69) is 0 Å². The van der Waals surface area contributed by atoms with Crippen molar-refractivity contribution in [3.05, 3.63) is 0 Å². The molecule has 23 heavy (non-hydrogen) atoms. The second-order valence-electron chi connectivity index (χ2n) is 5.86. The molecule has 2 rings (SSSR count). The SMILES string of the molecule is CC(C)(C(=O)ON1C(=O)CCC1O)C(=O)ON1C(=O)CCC1O. The van der Waals surface area contributed by atoms with E-state index in [-0.39, 0.29) is 25.7 Å². The fourth-order valence-corrected chi connectivity index (χ4v) is 2.01. The van der Waals surface area contributed by atoms with Crippen molar-refractivity contribution >= 4 is 23.8 Å². The number of rotatable bonds is 4. The first-order valence-electron chi connectivity index (χ1n) is 7.09. The first-order valence-corrected chi connectivity index (χ1v) is 7.09. The molecule has 128 valence electrons. The van der Waals surface area contributed by atoms with Crippen LogP contribution in [0.15, 0.2) is 0 Å². The molecule has 10 heteroatoms. The van der Waals surface area contributed by atoms with Crippen molar-refractivity contribution < 1.29 is 39.1 Å². The Balaban J connectivity index is 2.01. The van der Waals surface area contributed by atoms with Crippen molar-refractivity contribution in [1.82, 2.24) is 10.1 Å². The zero-order valence-corrected chi connectivity index (χ0v) is 12.7. The molecule has 10 nitrogen and oxygen atoms in total. The number of hydrogen-bond donors (Lipinski definition) is 2. The molecule has 0 aromatic heterocycles. The molecular weight excluding hydrogens is 312 g/mol. The number of amides is 2. The fraction of sp³-hybridized carbons (Fsp3) is 0.692. The molecule has 2 heterocycles. The van der Waals surface area contributed by atoms with E-state index in [4.69, 9.17) is 9.68 Å².